The number of nitrogens with one attached hydrogen (secondary N) is 2. The summed E-state index contributed by atoms with van der Waals surface area (Å²) < 4.78 is 21.0. The smallest absolute Gasteiger partial charge is 0.263 e. The van der Waals surface area contributed by atoms with E-state index < -0.39 is 5.91 Å². The van der Waals surface area contributed by atoms with Gasteiger partial charge in [-0.1, -0.05) is 6.07 Å². The SMILES string of the molecule is COc1ccc(N/C=C(/C#N)C(=O)NCc2ccc3c(c2)OCO3)c(OC)c1. The first-order valence-electron chi connectivity index (χ1n) is 8.40. The van der Waals surface area contributed by atoms with Gasteiger partial charge in [-0.15, -0.1) is 0 Å². The number of hydrogen-bond donors (Lipinski definition) is 2. The molecule has 0 atom stereocenters. The molecule has 0 saturated heterocycles. The van der Waals surface area contributed by atoms with Crippen molar-refractivity contribution in [3.63, 3.8) is 0 Å². The fraction of sp³-hybridized carbons (Fsp3) is 0.200. The summed E-state index contributed by atoms with van der Waals surface area (Å²) in [5.41, 5.74) is 1.36. The maximum Gasteiger partial charge on any atom is 0.263 e. The fourth-order valence-corrected chi connectivity index (χ4v) is 2.54. The van der Waals surface area contributed by atoms with E-state index >= 15 is 0 Å². The van der Waals surface area contributed by atoms with Crippen LogP contribution in [0.4, 0.5) is 5.69 Å². The third kappa shape index (κ3) is 4.27. The molecule has 144 valence electrons. The van der Waals surface area contributed by atoms with E-state index in [-0.39, 0.29) is 18.9 Å². The van der Waals surface area contributed by atoms with Gasteiger partial charge in [0.25, 0.3) is 5.91 Å². The molecule has 0 radical (unpaired) electrons. The summed E-state index contributed by atoms with van der Waals surface area (Å²) in [6.07, 6.45) is 1.33. The van der Waals surface area contributed by atoms with Gasteiger partial charge in [-0.25, -0.2) is 0 Å². The number of nitrogens with zero attached hydrogens (tertiary/aromatic N) is 1. The van der Waals surface area contributed by atoms with Crippen LogP contribution in [0.2, 0.25) is 0 Å². The third-order valence-corrected chi connectivity index (χ3v) is 4.04. The Labute approximate surface area is 162 Å². The minimum Gasteiger partial charge on any atom is -0.497 e. The van der Waals surface area contributed by atoms with E-state index in [1.807, 2.05) is 12.1 Å². The summed E-state index contributed by atoms with van der Waals surface area (Å²) in [6, 6.07) is 12.4. The molecule has 8 nitrogen and oxygen atoms in total. The molecular formula is C20H19N3O5. The first-order chi connectivity index (χ1) is 13.6. The largest absolute Gasteiger partial charge is 0.497 e. The Hall–Kier alpha value is -3.86. The highest BCUT2D eigenvalue weighted by Crippen LogP contribution is 2.32. The molecular weight excluding hydrogens is 362 g/mol. The summed E-state index contributed by atoms with van der Waals surface area (Å²) in [5.74, 6) is 1.96. The van der Waals surface area contributed by atoms with Gasteiger partial charge in [0.2, 0.25) is 6.79 Å². The van der Waals surface area contributed by atoms with Crippen LogP contribution in [-0.4, -0.2) is 26.9 Å². The minimum absolute atomic E-state index is 0.0707. The number of ether oxygens (including phenoxy) is 4. The number of fused-ring (bicyclic) bond motifs is 1. The Balaban J connectivity index is 1.64. The average Bonchev–Trinajstić information content (AvgIpc) is 3.20. The number of amides is 1. The van der Waals surface area contributed by atoms with Crippen LogP contribution in [0.5, 0.6) is 23.0 Å². The van der Waals surface area contributed by atoms with Crippen molar-refractivity contribution in [1.29, 1.82) is 5.26 Å². The highest BCUT2D eigenvalue weighted by atomic mass is 16.7. The summed E-state index contributed by atoms with van der Waals surface area (Å²) >= 11 is 0. The number of rotatable bonds is 7. The number of anilines is 1. The molecule has 0 bridgehead atoms. The van der Waals surface area contributed by atoms with Gasteiger partial charge in [-0.05, 0) is 29.8 Å². The van der Waals surface area contributed by atoms with Gasteiger partial charge in [0.15, 0.2) is 11.5 Å². The number of carbonyl (C=O) groups excluding carboxylic acids is 1. The quantitative estimate of drug-likeness (QED) is 0.561. The van der Waals surface area contributed by atoms with E-state index in [1.54, 1.807) is 37.4 Å². The van der Waals surface area contributed by atoms with E-state index in [2.05, 4.69) is 10.6 Å². The molecule has 28 heavy (non-hydrogen) atoms. The predicted molar refractivity (Wildman–Crippen MR) is 101 cm³/mol. The zero-order valence-electron chi connectivity index (χ0n) is 15.4. The molecule has 8 heteroatoms. The molecule has 0 unspecified atom stereocenters. The predicted octanol–water partition coefficient (Wildman–Crippen LogP) is 2.57. The molecule has 0 aliphatic carbocycles. The Kier molecular flexibility index (Phi) is 5.87. The van der Waals surface area contributed by atoms with E-state index in [1.165, 1.54) is 13.3 Å². The van der Waals surface area contributed by atoms with Crippen LogP contribution < -0.4 is 29.6 Å². The first kappa shape index (κ1) is 18.9. The van der Waals surface area contributed by atoms with Crippen molar-refractivity contribution in [2.45, 2.75) is 6.54 Å². The van der Waals surface area contributed by atoms with Crippen molar-refractivity contribution in [3.05, 3.63) is 53.7 Å². The topological polar surface area (TPSA) is 102 Å². The highest BCUT2D eigenvalue weighted by Gasteiger charge is 2.14. The number of benzene rings is 2. The molecule has 1 amide bonds. The summed E-state index contributed by atoms with van der Waals surface area (Å²) in [5, 5.41) is 14.9. The number of hydrogen-bond acceptors (Lipinski definition) is 7. The van der Waals surface area contributed by atoms with Crippen LogP contribution >= 0.6 is 0 Å². The molecule has 3 rings (SSSR count). The molecule has 0 aromatic heterocycles. The number of methoxy groups -OCH3 is 2. The van der Waals surface area contributed by atoms with Crippen LogP contribution in [0.25, 0.3) is 0 Å². The molecule has 2 aromatic rings. The van der Waals surface area contributed by atoms with Gasteiger partial charge in [0, 0.05) is 18.8 Å². The number of nitriles is 1. The summed E-state index contributed by atoms with van der Waals surface area (Å²) in [4.78, 5) is 12.3. The van der Waals surface area contributed by atoms with E-state index in [9.17, 15) is 10.1 Å². The second kappa shape index (κ2) is 8.68. The van der Waals surface area contributed by atoms with Crippen molar-refractivity contribution >= 4 is 11.6 Å². The van der Waals surface area contributed by atoms with Crippen LogP contribution in [0.3, 0.4) is 0 Å². The van der Waals surface area contributed by atoms with Crippen LogP contribution in [0.15, 0.2) is 48.2 Å². The normalized spacial score (nSPS) is 12.1. The average molecular weight is 381 g/mol. The highest BCUT2D eigenvalue weighted by molar-refractivity contribution is 5.97. The van der Waals surface area contributed by atoms with Gasteiger partial charge in [0.05, 0.1) is 19.9 Å². The van der Waals surface area contributed by atoms with Crippen LogP contribution in [0, 0.1) is 11.3 Å². The Bertz CT molecular complexity index is 949. The molecule has 0 spiro atoms. The Morgan fingerprint density at radius 2 is 2.00 bits per heavy atom. The molecule has 0 saturated carbocycles. The van der Waals surface area contributed by atoms with Crippen molar-refractivity contribution in [1.82, 2.24) is 5.32 Å². The van der Waals surface area contributed by atoms with Gasteiger partial charge in [-0.2, -0.15) is 5.26 Å². The van der Waals surface area contributed by atoms with Crippen LogP contribution in [0.1, 0.15) is 5.56 Å². The minimum atomic E-state index is -0.500. The van der Waals surface area contributed by atoms with Gasteiger partial charge in [0.1, 0.15) is 23.1 Å². The second-order valence-corrected chi connectivity index (χ2v) is 5.75. The summed E-state index contributed by atoms with van der Waals surface area (Å²) in [7, 11) is 3.08. The van der Waals surface area contributed by atoms with Crippen molar-refractivity contribution in [2.24, 2.45) is 0 Å². The molecule has 2 N–H and O–H groups in total. The molecule has 2 aromatic carbocycles. The van der Waals surface area contributed by atoms with E-state index in [0.717, 1.165) is 5.56 Å². The lowest BCUT2D eigenvalue weighted by Crippen LogP contribution is -2.24. The molecule has 1 heterocycles. The van der Waals surface area contributed by atoms with Crippen LogP contribution in [-0.2, 0) is 11.3 Å². The third-order valence-electron chi connectivity index (χ3n) is 4.04. The van der Waals surface area contributed by atoms with E-state index in [0.29, 0.717) is 28.7 Å². The van der Waals surface area contributed by atoms with Gasteiger partial charge in [-0.3, -0.25) is 4.79 Å². The van der Waals surface area contributed by atoms with Crippen molar-refractivity contribution < 1.29 is 23.7 Å². The Morgan fingerprint density at radius 3 is 2.75 bits per heavy atom. The van der Waals surface area contributed by atoms with Crippen molar-refractivity contribution in [2.75, 3.05) is 26.3 Å². The molecule has 1 aliphatic heterocycles. The molecule has 0 fully saturated rings. The van der Waals surface area contributed by atoms with Gasteiger partial charge >= 0.3 is 0 Å². The van der Waals surface area contributed by atoms with Gasteiger partial charge < -0.3 is 29.6 Å². The van der Waals surface area contributed by atoms with Crippen molar-refractivity contribution in [3.8, 4) is 29.1 Å². The zero-order chi connectivity index (χ0) is 19.9. The lowest BCUT2D eigenvalue weighted by molar-refractivity contribution is -0.117. The Morgan fingerprint density at radius 1 is 1.18 bits per heavy atom. The lowest BCUT2D eigenvalue weighted by atomic mass is 10.2. The zero-order valence-corrected chi connectivity index (χ0v) is 15.4. The lowest BCUT2D eigenvalue weighted by Gasteiger charge is -2.10. The van der Waals surface area contributed by atoms with E-state index in [4.69, 9.17) is 18.9 Å². The summed E-state index contributed by atoms with van der Waals surface area (Å²) in [6.45, 7) is 0.438. The maximum atomic E-state index is 12.3. The monoisotopic (exact) mass is 381 g/mol. The fourth-order valence-electron chi connectivity index (χ4n) is 2.54. The standard InChI is InChI=1S/C20H19N3O5/c1-25-15-4-5-16(18(8-15)26-2)22-11-14(9-21)20(24)23-10-13-3-6-17-19(7-13)28-12-27-17/h3-8,11,22H,10,12H2,1-2H3,(H,23,24)/b14-11-. The second-order valence-electron chi connectivity index (χ2n) is 5.75. The molecule has 1 aliphatic rings. The maximum absolute atomic E-state index is 12.3. The first-order valence-corrected chi connectivity index (χ1v) is 8.40. The number of carbonyl (C=O) groups is 1.